The molecule has 0 saturated carbocycles. The third-order valence-electron chi connectivity index (χ3n) is 6.48. The van der Waals surface area contributed by atoms with Crippen molar-refractivity contribution in [1.82, 2.24) is 13.5 Å². The molecule has 4 rings (SSSR count). The second kappa shape index (κ2) is 9.35. The number of primary sulfonamides is 1. The van der Waals surface area contributed by atoms with E-state index in [1.54, 1.807) is 19.6 Å². The van der Waals surface area contributed by atoms with Crippen LogP contribution in [0.5, 0.6) is 0 Å². The second-order valence-electron chi connectivity index (χ2n) is 8.63. The molecule has 0 aliphatic carbocycles. The number of rotatable bonds is 5. The normalized spacial score (nSPS) is 22.0. The van der Waals surface area contributed by atoms with Crippen LogP contribution in [0.4, 0.5) is 5.69 Å². The first kappa shape index (κ1) is 23.6. The Balaban J connectivity index is 1.34. The molecule has 1 aromatic rings. The fourth-order valence-corrected chi connectivity index (χ4v) is 6.88. The molecule has 3 heterocycles. The molecule has 0 bridgehead atoms. The summed E-state index contributed by atoms with van der Waals surface area (Å²) in [4.78, 5) is 16.6. The van der Waals surface area contributed by atoms with Crippen molar-refractivity contribution in [2.24, 2.45) is 5.14 Å². The molecule has 2 N–H and O–H groups in total. The summed E-state index contributed by atoms with van der Waals surface area (Å²) in [6.45, 7) is 3.62. The molecule has 0 spiro atoms. The van der Waals surface area contributed by atoms with Crippen LogP contribution in [0.1, 0.15) is 31.2 Å². The third-order valence-corrected chi connectivity index (χ3v) is 9.43. The monoisotopic (exact) mass is 485 g/mol. The molecule has 3 aliphatic rings. The van der Waals surface area contributed by atoms with Gasteiger partial charge in [0.25, 0.3) is 10.2 Å². The van der Waals surface area contributed by atoms with Gasteiger partial charge in [-0.3, -0.25) is 9.69 Å². The summed E-state index contributed by atoms with van der Waals surface area (Å²) in [6, 6.07) is 4.59. The Morgan fingerprint density at radius 3 is 2.09 bits per heavy atom. The molecule has 0 unspecified atom stereocenters. The van der Waals surface area contributed by atoms with Gasteiger partial charge >= 0.3 is 0 Å². The average Bonchev–Trinajstić information content (AvgIpc) is 2.97. The van der Waals surface area contributed by atoms with Crippen LogP contribution in [0.25, 0.3) is 0 Å². The number of anilines is 1. The number of amides is 1. The van der Waals surface area contributed by atoms with Crippen molar-refractivity contribution in [1.29, 1.82) is 0 Å². The van der Waals surface area contributed by atoms with Gasteiger partial charge in [0.1, 0.15) is 0 Å². The van der Waals surface area contributed by atoms with E-state index in [4.69, 9.17) is 5.14 Å². The van der Waals surface area contributed by atoms with Crippen LogP contribution in [0.15, 0.2) is 23.1 Å². The summed E-state index contributed by atoms with van der Waals surface area (Å²) < 4.78 is 52.2. The number of nitrogens with two attached hydrogens (primary N) is 1. The highest BCUT2D eigenvalue weighted by atomic mass is 32.2. The fraction of sp³-hybridized carbons (Fsp3) is 0.650. The smallest absolute Gasteiger partial charge is 0.282 e. The van der Waals surface area contributed by atoms with E-state index < -0.39 is 20.2 Å². The molecule has 32 heavy (non-hydrogen) atoms. The van der Waals surface area contributed by atoms with Crippen LogP contribution < -0.4 is 10.0 Å². The van der Waals surface area contributed by atoms with Crippen molar-refractivity contribution in [2.45, 2.75) is 37.0 Å². The van der Waals surface area contributed by atoms with Crippen molar-refractivity contribution in [2.75, 3.05) is 57.3 Å². The van der Waals surface area contributed by atoms with Crippen molar-refractivity contribution in [3.8, 4) is 0 Å². The minimum atomic E-state index is -3.78. The number of benzene rings is 1. The predicted molar refractivity (Wildman–Crippen MR) is 121 cm³/mol. The van der Waals surface area contributed by atoms with Gasteiger partial charge in [0.05, 0.1) is 11.4 Å². The molecule has 0 aromatic heterocycles. The van der Waals surface area contributed by atoms with Gasteiger partial charge in [-0.05, 0) is 43.0 Å². The number of nitrogens with zero attached hydrogens (tertiary/aromatic N) is 4. The molecule has 0 atom stereocenters. The number of carbonyl (C=O) groups is 1. The quantitative estimate of drug-likeness (QED) is 0.624. The molecule has 0 radical (unpaired) electrons. The van der Waals surface area contributed by atoms with E-state index in [0.29, 0.717) is 57.9 Å². The molecule has 2 fully saturated rings. The number of fused-ring (bicyclic) bond motifs is 1. The minimum Gasteiger partial charge on any atom is -0.311 e. The zero-order valence-electron chi connectivity index (χ0n) is 18.1. The van der Waals surface area contributed by atoms with Crippen molar-refractivity contribution >= 4 is 31.8 Å². The fourth-order valence-electron chi connectivity index (χ4n) is 4.64. The lowest BCUT2D eigenvalue weighted by atomic mass is 10.2. The van der Waals surface area contributed by atoms with E-state index in [1.807, 2.05) is 4.90 Å². The standard InChI is InChI=1S/C20H31N5O5S2/c21-31(27,28)18-5-6-19-17(15-18)7-10-25(19)20(26)16-22-11-13-24(14-12-22)32(29,30)23-8-3-1-2-4-9-23/h5-6,15H,1-4,7-14,16H2,(H2,21,27,28). The number of piperazine rings is 1. The van der Waals surface area contributed by atoms with Gasteiger partial charge in [0.15, 0.2) is 0 Å². The first-order valence-corrected chi connectivity index (χ1v) is 14.0. The van der Waals surface area contributed by atoms with Crippen molar-refractivity contribution in [3.05, 3.63) is 23.8 Å². The zero-order chi connectivity index (χ0) is 22.9. The van der Waals surface area contributed by atoms with Crippen LogP contribution in [-0.4, -0.2) is 88.6 Å². The Bertz CT molecular complexity index is 1060. The van der Waals surface area contributed by atoms with Crippen LogP contribution in [0.2, 0.25) is 0 Å². The number of sulfonamides is 1. The van der Waals surface area contributed by atoms with Crippen LogP contribution in [-0.2, 0) is 31.4 Å². The van der Waals surface area contributed by atoms with Crippen molar-refractivity contribution in [3.63, 3.8) is 0 Å². The van der Waals surface area contributed by atoms with E-state index in [2.05, 4.69) is 0 Å². The summed E-state index contributed by atoms with van der Waals surface area (Å²) >= 11 is 0. The Morgan fingerprint density at radius 2 is 1.47 bits per heavy atom. The van der Waals surface area contributed by atoms with Gasteiger partial charge in [-0.25, -0.2) is 13.6 Å². The van der Waals surface area contributed by atoms with Crippen LogP contribution in [0, 0.1) is 0 Å². The van der Waals surface area contributed by atoms with Gasteiger partial charge in [-0.1, -0.05) is 12.8 Å². The van der Waals surface area contributed by atoms with Gasteiger partial charge < -0.3 is 4.90 Å². The first-order valence-electron chi connectivity index (χ1n) is 11.1. The van der Waals surface area contributed by atoms with E-state index in [0.717, 1.165) is 31.2 Å². The minimum absolute atomic E-state index is 0.0484. The molecule has 2 saturated heterocycles. The predicted octanol–water partition coefficient (Wildman–Crippen LogP) is -0.0385. The summed E-state index contributed by atoms with van der Waals surface area (Å²) in [5.41, 5.74) is 1.50. The topological polar surface area (TPSA) is 124 Å². The molecule has 1 aromatic carbocycles. The Morgan fingerprint density at radius 1 is 0.844 bits per heavy atom. The highest BCUT2D eigenvalue weighted by Gasteiger charge is 2.34. The molecule has 3 aliphatic heterocycles. The maximum Gasteiger partial charge on any atom is 0.282 e. The lowest BCUT2D eigenvalue weighted by Crippen LogP contribution is -2.54. The highest BCUT2D eigenvalue weighted by molar-refractivity contribution is 7.89. The van der Waals surface area contributed by atoms with E-state index >= 15 is 0 Å². The lowest BCUT2D eigenvalue weighted by molar-refractivity contribution is -0.119. The van der Waals surface area contributed by atoms with E-state index in [-0.39, 0.29) is 17.3 Å². The van der Waals surface area contributed by atoms with Crippen LogP contribution >= 0.6 is 0 Å². The van der Waals surface area contributed by atoms with Gasteiger partial charge in [0, 0.05) is 51.5 Å². The van der Waals surface area contributed by atoms with Crippen molar-refractivity contribution < 1.29 is 21.6 Å². The molecular weight excluding hydrogens is 454 g/mol. The third kappa shape index (κ3) is 5.00. The number of hydrogen-bond donors (Lipinski definition) is 1. The van der Waals surface area contributed by atoms with Crippen LogP contribution in [0.3, 0.4) is 0 Å². The maximum absolute atomic E-state index is 13.0. The molecule has 178 valence electrons. The summed E-state index contributed by atoms with van der Waals surface area (Å²) in [5, 5.41) is 5.20. The highest BCUT2D eigenvalue weighted by Crippen LogP contribution is 2.30. The SMILES string of the molecule is NS(=O)(=O)c1ccc2c(c1)CCN2C(=O)CN1CCN(S(=O)(=O)N2CCCCCC2)CC1. The Hall–Kier alpha value is -1.57. The number of hydrogen-bond acceptors (Lipinski definition) is 6. The van der Waals surface area contributed by atoms with E-state index in [1.165, 1.54) is 12.1 Å². The molecular formula is C20H31N5O5S2. The van der Waals surface area contributed by atoms with Gasteiger partial charge in [-0.15, -0.1) is 0 Å². The maximum atomic E-state index is 13.0. The van der Waals surface area contributed by atoms with Gasteiger partial charge in [-0.2, -0.15) is 17.0 Å². The van der Waals surface area contributed by atoms with E-state index in [9.17, 15) is 21.6 Å². The molecule has 12 heteroatoms. The largest absolute Gasteiger partial charge is 0.311 e. The summed E-state index contributed by atoms with van der Waals surface area (Å²) in [6.07, 6.45) is 4.54. The zero-order valence-corrected chi connectivity index (χ0v) is 19.8. The average molecular weight is 486 g/mol. The summed E-state index contributed by atoms with van der Waals surface area (Å²) in [5.74, 6) is -0.0732. The summed E-state index contributed by atoms with van der Waals surface area (Å²) in [7, 11) is -7.23. The lowest BCUT2D eigenvalue weighted by Gasteiger charge is -2.36. The Kier molecular flexibility index (Phi) is 6.89. The Labute approximate surface area is 190 Å². The molecule has 1 amide bonds. The second-order valence-corrected chi connectivity index (χ2v) is 12.1. The van der Waals surface area contributed by atoms with Gasteiger partial charge in [0.2, 0.25) is 15.9 Å². The number of carbonyl (C=O) groups excluding carboxylic acids is 1. The molecule has 10 nitrogen and oxygen atoms in total. The first-order chi connectivity index (χ1) is 15.2.